The fourth-order valence-electron chi connectivity index (χ4n) is 2.83. The third kappa shape index (κ3) is 4.52. The number of nitrogens with one attached hydrogen (secondary N) is 2. The predicted molar refractivity (Wildman–Crippen MR) is 97.0 cm³/mol. The highest BCUT2D eigenvalue weighted by molar-refractivity contribution is 7.99. The monoisotopic (exact) mass is 362 g/mol. The van der Waals surface area contributed by atoms with E-state index in [4.69, 9.17) is 4.74 Å². The highest BCUT2D eigenvalue weighted by Gasteiger charge is 2.20. The minimum Gasteiger partial charge on any atom is -0.376 e. The van der Waals surface area contributed by atoms with Crippen molar-refractivity contribution in [2.45, 2.75) is 44.0 Å². The molecule has 0 spiro atoms. The minimum atomic E-state index is -0.269. The Kier molecular flexibility index (Phi) is 5.93. The fraction of sp³-hybridized carbons (Fsp3) is 0.471. The van der Waals surface area contributed by atoms with Crippen LogP contribution in [0.25, 0.3) is 0 Å². The minimum absolute atomic E-state index is 0.0416. The molecular formula is C17H22N4O3S. The van der Waals surface area contributed by atoms with Crippen molar-refractivity contribution in [2.24, 2.45) is 0 Å². The maximum atomic E-state index is 12.2. The van der Waals surface area contributed by atoms with E-state index in [0.29, 0.717) is 11.7 Å². The second-order valence-electron chi connectivity index (χ2n) is 5.90. The van der Waals surface area contributed by atoms with Gasteiger partial charge in [0.1, 0.15) is 0 Å². The molecule has 0 radical (unpaired) electrons. The summed E-state index contributed by atoms with van der Waals surface area (Å²) in [5, 5.41) is 9.91. The number of ether oxygens (including phenoxy) is 1. The van der Waals surface area contributed by atoms with E-state index < -0.39 is 0 Å². The van der Waals surface area contributed by atoms with Crippen molar-refractivity contribution in [1.82, 2.24) is 14.8 Å². The number of anilines is 1. The van der Waals surface area contributed by atoms with Crippen LogP contribution in [0.5, 0.6) is 0 Å². The van der Waals surface area contributed by atoms with E-state index >= 15 is 0 Å². The average molecular weight is 362 g/mol. The zero-order valence-corrected chi connectivity index (χ0v) is 15.0. The Morgan fingerprint density at radius 1 is 1.48 bits per heavy atom. The van der Waals surface area contributed by atoms with E-state index in [1.54, 1.807) is 4.57 Å². The number of aryl methyl sites for hydroxylation is 1. The number of carbonyl (C=O) groups excluding carboxylic acids is 1. The van der Waals surface area contributed by atoms with Crippen molar-refractivity contribution < 1.29 is 9.53 Å². The summed E-state index contributed by atoms with van der Waals surface area (Å²) >= 11 is 1.25. The van der Waals surface area contributed by atoms with Crippen LogP contribution < -0.4 is 11.0 Å². The predicted octanol–water partition coefficient (Wildman–Crippen LogP) is 2.04. The lowest BCUT2D eigenvalue weighted by Crippen LogP contribution is -2.25. The van der Waals surface area contributed by atoms with Gasteiger partial charge in [0.25, 0.3) is 0 Å². The lowest BCUT2D eigenvalue weighted by atomic mass is 10.1. The van der Waals surface area contributed by atoms with Crippen molar-refractivity contribution in [2.75, 3.05) is 17.7 Å². The normalized spacial score (nSPS) is 16.9. The van der Waals surface area contributed by atoms with Gasteiger partial charge in [0.2, 0.25) is 5.91 Å². The Hall–Kier alpha value is -2.06. The van der Waals surface area contributed by atoms with Crippen LogP contribution in [0, 0.1) is 0 Å². The van der Waals surface area contributed by atoms with E-state index in [2.05, 4.69) is 15.5 Å². The average Bonchev–Trinajstić information content (AvgIpc) is 3.25. The highest BCUT2D eigenvalue weighted by atomic mass is 32.2. The molecule has 0 aliphatic carbocycles. The first kappa shape index (κ1) is 17.8. The van der Waals surface area contributed by atoms with E-state index in [1.165, 1.54) is 11.8 Å². The van der Waals surface area contributed by atoms with Crippen LogP contribution in [0.4, 0.5) is 5.69 Å². The van der Waals surface area contributed by atoms with Gasteiger partial charge >= 0.3 is 5.69 Å². The molecule has 134 valence electrons. The molecule has 1 aromatic heterocycles. The Bertz CT molecular complexity index is 780. The number of H-pyrrole nitrogens is 1. The van der Waals surface area contributed by atoms with Gasteiger partial charge in [0, 0.05) is 12.3 Å². The zero-order chi connectivity index (χ0) is 17.6. The second-order valence-corrected chi connectivity index (χ2v) is 6.85. The molecule has 1 saturated heterocycles. The van der Waals surface area contributed by atoms with E-state index in [1.807, 2.05) is 31.2 Å². The van der Waals surface area contributed by atoms with E-state index in [0.717, 1.165) is 37.1 Å². The number of hydrogen-bond acceptors (Lipinski definition) is 5. The van der Waals surface area contributed by atoms with Gasteiger partial charge in [-0.05, 0) is 30.9 Å². The summed E-state index contributed by atoms with van der Waals surface area (Å²) in [7, 11) is 0. The molecule has 2 aromatic rings. The van der Waals surface area contributed by atoms with Crippen molar-refractivity contribution in [1.29, 1.82) is 0 Å². The fourth-order valence-corrected chi connectivity index (χ4v) is 3.59. The summed E-state index contributed by atoms with van der Waals surface area (Å²) in [5.74, 6) is 0.0680. The summed E-state index contributed by atoms with van der Waals surface area (Å²) in [4.78, 5) is 24.2. The molecule has 1 atom stereocenters. The molecule has 1 amide bonds. The molecule has 0 bridgehead atoms. The van der Waals surface area contributed by atoms with Gasteiger partial charge in [-0.1, -0.05) is 36.9 Å². The van der Waals surface area contributed by atoms with Gasteiger partial charge in [-0.15, -0.1) is 5.10 Å². The van der Waals surface area contributed by atoms with Crippen LogP contribution in [0.1, 0.15) is 25.3 Å². The molecule has 7 nitrogen and oxygen atoms in total. The molecule has 2 N–H and O–H groups in total. The smallest absolute Gasteiger partial charge is 0.344 e. The molecule has 1 aliphatic rings. The third-order valence-corrected chi connectivity index (χ3v) is 5.11. The Morgan fingerprint density at radius 3 is 3.08 bits per heavy atom. The van der Waals surface area contributed by atoms with Crippen LogP contribution in [0.2, 0.25) is 0 Å². The van der Waals surface area contributed by atoms with Crippen molar-refractivity contribution in [3.05, 3.63) is 40.3 Å². The maximum absolute atomic E-state index is 12.2. The van der Waals surface area contributed by atoms with Crippen LogP contribution >= 0.6 is 11.8 Å². The number of para-hydroxylation sites is 1. The van der Waals surface area contributed by atoms with Gasteiger partial charge in [0.15, 0.2) is 5.16 Å². The summed E-state index contributed by atoms with van der Waals surface area (Å²) in [6, 6.07) is 7.74. The molecule has 8 heteroatoms. The standard InChI is InChI=1S/C17H22N4O3S/c1-2-12-6-3-4-8-14(12)18-15(22)11-25-17-20-19-16(23)21(17)10-13-7-5-9-24-13/h3-4,6,8,13H,2,5,7,9-11H2,1H3,(H,18,22)(H,19,23). The first-order chi connectivity index (χ1) is 12.2. The van der Waals surface area contributed by atoms with E-state index in [-0.39, 0.29) is 23.5 Å². The summed E-state index contributed by atoms with van der Waals surface area (Å²) in [5.41, 5.74) is 1.65. The Morgan fingerprint density at radius 2 is 2.32 bits per heavy atom. The van der Waals surface area contributed by atoms with Crippen molar-refractivity contribution >= 4 is 23.4 Å². The molecule has 1 aromatic carbocycles. The molecule has 1 fully saturated rings. The number of hydrogen-bond donors (Lipinski definition) is 2. The number of aromatic nitrogens is 3. The number of carbonyl (C=O) groups is 1. The number of aromatic amines is 1. The van der Waals surface area contributed by atoms with Crippen LogP contribution in [0.3, 0.4) is 0 Å². The number of nitrogens with zero attached hydrogens (tertiary/aromatic N) is 2. The Labute approximate surface area is 150 Å². The molecule has 1 aliphatic heterocycles. The topological polar surface area (TPSA) is 89.0 Å². The molecule has 25 heavy (non-hydrogen) atoms. The van der Waals surface area contributed by atoms with Gasteiger partial charge < -0.3 is 10.1 Å². The van der Waals surface area contributed by atoms with Crippen molar-refractivity contribution in [3.8, 4) is 0 Å². The number of rotatable bonds is 7. The third-order valence-electron chi connectivity index (χ3n) is 4.14. The van der Waals surface area contributed by atoms with Gasteiger partial charge in [0.05, 0.1) is 18.4 Å². The molecule has 2 heterocycles. The maximum Gasteiger partial charge on any atom is 0.344 e. The lowest BCUT2D eigenvalue weighted by Gasteiger charge is -2.11. The quantitative estimate of drug-likeness (QED) is 0.736. The van der Waals surface area contributed by atoms with Crippen molar-refractivity contribution in [3.63, 3.8) is 0 Å². The molecule has 3 rings (SSSR count). The molecule has 1 unspecified atom stereocenters. The van der Waals surface area contributed by atoms with Gasteiger partial charge in [-0.25, -0.2) is 9.89 Å². The number of thioether (sulfide) groups is 1. The van der Waals surface area contributed by atoms with E-state index in [9.17, 15) is 9.59 Å². The first-order valence-electron chi connectivity index (χ1n) is 8.44. The largest absolute Gasteiger partial charge is 0.376 e. The second kappa shape index (κ2) is 8.35. The van der Waals surface area contributed by atoms with Crippen LogP contribution in [0.15, 0.2) is 34.2 Å². The first-order valence-corrected chi connectivity index (χ1v) is 9.43. The number of amides is 1. The SMILES string of the molecule is CCc1ccccc1NC(=O)CSc1n[nH]c(=O)n1CC1CCCO1. The molecular weight excluding hydrogens is 340 g/mol. The summed E-state index contributed by atoms with van der Waals surface area (Å²) in [6.45, 7) is 3.25. The lowest BCUT2D eigenvalue weighted by molar-refractivity contribution is -0.113. The summed E-state index contributed by atoms with van der Waals surface area (Å²) in [6.07, 6.45) is 2.85. The molecule has 0 saturated carbocycles. The van der Waals surface area contributed by atoms with Gasteiger partial charge in [-0.3, -0.25) is 9.36 Å². The highest BCUT2D eigenvalue weighted by Crippen LogP contribution is 2.19. The zero-order valence-electron chi connectivity index (χ0n) is 14.2. The van der Waals surface area contributed by atoms with Crippen LogP contribution in [-0.4, -0.2) is 39.1 Å². The van der Waals surface area contributed by atoms with Crippen LogP contribution in [-0.2, 0) is 22.5 Å². The summed E-state index contributed by atoms with van der Waals surface area (Å²) < 4.78 is 7.13. The Balaban J connectivity index is 1.59. The number of benzene rings is 1. The van der Waals surface area contributed by atoms with Gasteiger partial charge in [-0.2, -0.15) is 0 Å².